The summed E-state index contributed by atoms with van der Waals surface area (Å²) in [6.07, 6.45) is 0.859. The Kier molecular flexibility index (Phi) is 7.36. The molecule has 0 aliphatic heterocycles. The van der Waals surface area contributed by atoms with Gasteiger partial charge in [0.05, 0.1) is 19.3 Å². The van der Waals surface area contributed by atoms with Crippen LogP contribution in [0.2, 0.25) is 0 Å². The molecule has 0 bridgehead atoms. The zero-order chi connectivity index (χ0) is 18.1. The molecule has 1 atom stereocenters. The first kappa shape index (κ1) is 18.9. The van der Waals surface area contributed by atoms with Gasteiger partial charge in [-0.1, -0.05) is 32.0 Å². The lowest BCUT2D eigenvalue weighted by molar-refractivity contribution is 0.0272. The van der Waals surface area contributed by atoms with Gasteiger partial charge < -0.3 is 20.5 Å². The predicted octanol–water partition coefficient (Wildman–Crippen LogP) is 1.10. The van der Waals surface area contributed by atoms with Crippen molar-refractivity contribution in [1.82, 2.24) is 25.4 Å². The Labute approximate surface area is 147 Å². The van der Waals surface area contributed by atoms with Crippen LogP contribution in [0.3, 0.4) is 0 Å². The van der Waals surface area contributed by atoms with Crippen LogP contribution in [0.25, 0.3) is 5.69 Å². The van der Waals surface area contributed by atoms with Gasteiger partial charge in [-0.15, -0.1) is 10.2 Å². The van der Waals surface area contributed by atoms with E-state index >= 15 is 0 Å². The maximum Gasteiger partial charge on any atom is 0.315 e. The van der Waals surface area contributed by atoms with Crippen LogP contribution in [0.4, 0.5) is 4.79 Å². The lowest BCUT2D eigenvalue weighted by Crippen LogP contribution is -2.41. The second-order valence-corrected chi connectivity index (χ2v) is 6.10. The fourth-order valence-corrected chi connectivity index (χ4v) is 2.11. The van der Waals surface area contributed by atoms with Gasteiger partial charge in [0, 0.05) is 18.8 Å². The molecule has 1 heterocycles. The molecule has 8 heteroatoms. The highest BCUT2D eigenvalue weighted by atomic mass is 16.5. The van der Waals surface area contributed by atoms with E-state index in [1.807, 2.05) is 44.2 Å². The molecule has 0 spiro atoms. The van der Waals surface area contributed by atoms with Crippen LogP contribution in [0.5, 0.6) is 0 Å². The van der Waals surface area contributed by atoms with Gasteiger partial charge in [0.25, 0.3) is 0 Å². The van der Waals surface area contributed by atoms with E-state index in [9.17, 15) is 9.90 Å². The van der Waals surface area contributed by atoms with Crippen molar-refractivity contribution < 1.29 is 14.6 Å². The average Bonchev–Trinajstić information content (AvgIpc) is 3.07. The molecule has 1 aromatic carbocycles. The number of benzene rings is 1. The Hall–Kier alpha value is -2.45. The summed E-state index contributed by atoms with van der Waals surface area (Å²) in [7, 11) is 0. The minimum absolute atomic E-state index is 0.120. The zero-order valence-corrected chi connectivity index (χ0v) is 14.6. The van der Waals surface area contributed by atoms with E-state index in [4.69, 9.17) is 4.74 Å². The number of urea groups is 1. The van der Waals surface area contributed by atoms with Crippen molar-refractivity contribution in [1.29, 1.82) is 0 Å². The van der Waals surface area contributed by atoms with E-state index in [1.54, 1.807) is 10.9 Å². The van der Waals surface area contributed by atoms with Crippen LogP contribution >= 0.6 is 0 Å². The second-order valence-electron chi connectivity index (χ2n) is 6.10. The van der Waals surface area contributed by atoms with Crippen molar-refractivity contribution in [2.45, 2.75) is 26.5 Å². The molecule has 0 unspecified atom stereocenters. The third kappa shape index (κ3) is 6.52. The fourth-order valence-electron chi connectivity index (χ4n) is 2.11. The summed E-state index contributed by atoms with van der Waals surface area (Å²) >= 11 is 0. The Morgan fingerprint density at radius 3 is 2.72 bits per heavy atom. The van der Waals surface area contributed by atoms with Crippen molar-refractivity contribution in [3.63, 3.8) is 0 Å². The molecule has 0 saturated heterocycles. The Balaban J connectivity index is 1.73. The number of rotatable bonds is 9. The number of ether oxygens (including phenoxy) is 1. The summed E-state index contributed by atoms with van der Waals surface area (Å²) in [5.41, 5.74) is 0.919. The number of carbonyl (C=O) groups excluding carboxylic acids is 1. The Morgan fingerprint density at radius 2 is 2.00 bits per heavy atom. The minimum atomic E-state index is -0.738. The summed E-state index contributed by atoms with van der Waals surface area (Å²) < 4.78 is 7.13. The third-order valence-corrected chi connectivity index (χ3v) is 3.32. The molecule has 8 nitrogen and oxygen atoms in total. The number of aromatic nitrogens is 3. The van der Waals surface area contributed by atoms with Gasteiger partial charge in [-0.05, 0) is 18.1 Å². The second kappa shape index (κ2) is 9.75. The summed E-state index contributed by atoms with van der Waals surface area (Å²) in [5.74, 6) is 1.02. The van der Waals surface area contributed by atoms with Crippen LogP contribution in [-0.2, 0) is 11.3 Å². The number of hydrogen-bond acceptors (Lipinski definition) is 5. The highest BCUT2D eigenvalue weighted by Gasteiger charge is 2.10. The van der Waals surface area contributed by atoms with E-state index in [0.717, 1.165) is 5.69 Å². The number of aliphatic hydroxyl groups excluding tert-OH is 1. The lowest BCUT2D eigenvalue weighted by Gasteiger charge is -2.14. The van der Waals surface area contributed by atoms with Crippen LogP contribution < -0.4 is 10.6 Å². The van der Waals surface area contributed by atoms with Crippen molar-refractivity contribution in [3.05, 3.63) is 42.5 Å². The smallest absolute Gasteiger partial charge is 0.315 e. The average molecular weight is 347 g/mol. The van der Waals surface area contributed by atoms with Crippen molar-refractivity contribution in [2.75, 3.05) is 19.8 Å². The predicted molar refractivity (Wildman–Crippen MR) is 93.3 cm³/mol. The highest BCUT2D eigenvalue weighted by Crippen LogP contribution is 2.08. The van der Waals surface area contributed by atoms with Gasteiger partial charge in [-0.25, -0.2) is 4.79 Å². The topological polar surface area (TPSA) is 101 Å². The van der Waals surface area contributed by atoms with E-state index < -0.39 is 6.10 Å². The standard InChI is InChI=1S/C17H25N5O3/c1-13(2)10-25-11-15(23)8-18-17(24)19-9-16-21-20-12-22(16)14-6-4-3-5-7-14/h3-7,12-13,15,23H,8-11H2,1-2H3,(H2,18,19,24)/t15-/m0/s1. The SMILES string of the molecule is CC(C)COC[C@@H](O)CNC(=O)NCc1nncn1-c1ccccc1. The molecular formula is C17H25N5O3. The molecule has 0 aliphatic rings. The van der Waals surface area contributed by atoms with Crippen molar-refractivity contribution in [2.24, 2.45) is 5.92 Å². The molecule has 2 rings (SSSR count). The monoisotopic (exact) mass is 347 g/mol. The number of aliphatic hydroxyl groups is 1. The maximum atomic E-state index is 11.8. The molecule has 2 aromatic rings. The molecule has 0 saturated carbocycles. The van der Waals surface area contributed by atoms with E-state index in [-0.39, 0.29) is 25.7 Å². The molecule has 0 fully saturated rings. The molecular weight excluding hydrogens is 322 g/mol. The molecule has 2 amide bonds. The largest absolute Gasteiger partial charge is 0.389 e. The lowest BCUT2D eigenvalue weighted by atomic mass is 10.2. The summed E-state index contributed by atoms with van der Waals surface area (Å²) in [4.78, 5) is 11.8. The highest BCUT2D eigenvalue weighted by molar-refractivity contribution is 5.73. The first-order chi connectivity index (χ1) is 12.1. The summed E-state index contributed by atoms with van der Waals surface area (Å²) in [6, 6.07) is 9.24. The number of nitrogens with one attached hydrogen (secondary N) is 2. The van der Waals surface area contributed by atoms with Crippen LogP contribution in [0, 0.1) is 5.92 Å². The van der Waals surface area contributed by atoms with E-state index in [1.165, 1.54) is 0 Å². The van der Waals surface area contributed by atoms with Gasteiger partial charge in [0.15, 0.2) is 5.82 Å². The van der Waals surface area contributed by atoms with Gasteiger partial charge in [0.1, 0.15) is 6.33 Å². The molecule has 136 valence electrons. The van der Waals surface area contributed by atoms with Crippen LogP contribution in [0.15, 0.2) is 36.7 Å². The van der Waals surface area contributed by atoms with Crippen LogP contribution in [0.1, 0.15) is 19.7 Å². The quantitative estimate of drug-likeness (QED) is 0.630. The van der Waals surface area contributed by atoms with Crippen LogP contribution in [-0.4, -0.2) is 51.8 Å². The molecule has 0 radical (unpaired) electrons. The first-order valence-electron chi connectivity index (χ1n) is 8.28. The van der Waals surface area contributed by atoms with Gasteiger partial charge in [-0.2, -0.15) is 0 Å². The maximum absolute atomic E-state index is 11.8. The fraction of sp³-hybridized carbons (Fsp3) is 0.471. The molecule has 3 N–H and O–H groups in total. The minimum Gasteiger partial charge on any atom is -0.389 e. The number of para-hydroxylation sites is 1. The Morgan fingerprint density at radius 1 is 1.24 bits per heavy atom. The zero-order valence-electron chi connectivity index (χ0n) is 14.6. The number of nitrogens with zero attached hydrogens (tertiary/aromatic N) is 3. The molecule has 25 heavy (non-hydrogen) atoms. The summed E-state index contributed by atoms with van der Waals surface area (Å²) in [5, 5.41) is 23.0. The van der Waals surface area contributed by atoms with E-state index in [0.29, 0.717) is 18.3 Å². The number of amides is 2. The number of hydrogen-bond donors (Lipinski definition) is 3. The molecule has 1 aromatic heterocycles. The third-order valence-electron chi connectivity index (χ3n) is 3.32. The van der Waals surface area contributed by atoms with Gasteiger partial charge in [0.2, 0.25) is 0 Å². The van der Waals surface area contributed by atoms with Crippen molar-refractivity contribution >= 4 is 6.03 Å². The van der Waals surface area contributed by atoms with Crippen molar-refractivity contribution in [3.8, 4) is 5.69 Å². The Bertz CT molecular complexity index is 645. The summed E-state index contributed by atoms with van der Waals surface area (Å²) in [6.45, 7) is 5.19. The number of carbonyl (C=O) groups is 1. The molecule has 0 aliphatic carbocycles. The van der Waals surface area contributed by atoms with E-state index in [2.05, 4.69) is 20.8 Å². The first-order valence-corrected chi connectivity index (χ1v) is 8.28. The van der Waals surface area contributed by atoms with Gasteiger partial charge >= 0.3 is 6.03 Å². The van der Waals surface area contributed by atoms with Gasteiger partial charge in [-0.3, -0.25) is 4.57 Å². The normalized spacial score (nSPS) is 12.2.